The van der Waals surface area contributed by atoms with E-state index in [9.17, 15) is 4.39 Å². The first-order valence-electron chi connectivity index (χ1n) is 3.94. The van der Waals surface area contributed by atoms with Crippen molar-refractivity contribution in [1.82, 2.24) is 0 Å². The number of benzene rings is 1. The number of halogens is 3. The molecule has 0 spiro atoms. The molecule has 0 heterocycles. The Labute approximate surface area is 90.2 Å². The van der Waals surface area contributed by atoms with E-state index in [0.29, 0.717) is 23.6 Å². The third kappa shape index (κ3) is 2.93. The lowest BCUT2D eigenvalue weighted by Crippen LogP contribution is -2.03. The van der Waals surface area contributed by atoms with Gasteiger partial charge < -0.3 is 5.73 Å². The van der Waals surface area contributed by atoms with Gasteiger partial charge in [0.05, 0.1) is 5.02 Å². The van der Waals surface area contributed by atoms with Crippen molar-refractivity contribution in [2.24, 2.45) is 5.73 Å². The van der Waals surface area contributed by atoms with Gasteiger partial charge in [0.15, 0.2) is 0 Å². The maximum Gasteiger partial charge on any atom is 0.126 e. The van der Waals surface area contributed by atoms with Gasteiger partial charge in [-0.25, -0.2) is 4.39 Å². The highest BCUT2D eigenvalue weighted by atomic mass is 79.9. The van der Waals surface area contributed by atoms with Crippen LogP contribution < -0.4 is 5.73 Å². The van der Waals surface area contributed by atoms with Crippen molar-refractivity contribution in [2.75, 3.05) is 6.54 Å². The minimum atomic E-state index is -1.02. The lowest BCUT2D eigenvalue weighted by Gasteiger charge is -2.07. The first-order valence-corrected chi connectivity index (χ1v) is 5.11. The number of hydrogen-bond acceptors (Lipinski definition) is 1. The van der Waals surface area contributed by atoms with E-state index >= 15 is 0 Å². The first-order chi connectivity index (χ1) is 6.15. The van der Waals surface area contributed by atoms with E-state index < -0.39 is 6.17 Å². The summed E-state index contributed by atoms with van der Waals surface area (Å²) in [5, 5.41) is 0.525. The second-order valence-corrected chi connectivity index (χ2v) is 3.98. The standard InChI is InChI=1S/C9H10BrClFN/c10-7-2-1-6(5-8(7)11)9(12)3-4-13/h1-2,5,9H,3-4,13H2. The van der Waals surface area contributed by atoms with Gasteiger partial charge in [-0.15, -0.1) is 0 Å². The van der Waals surface area contributed by atoms with Crippen LogP contribution in [0.3, 0.4) is 0 Å². The lowest BCUT2D eigenvalue weighted by atomic mass is 10.1. The molecule has 0 saturated heterocycles. The van der Waals surface area contributed by atoms with Gasteiger partial charge >= 0.3 is 0 Å². The lowest BCUT2D eigenvalue weighted by molar-refractivity contribution is 0.327. The van der Waals surface area contributed by atoms with E-state index in [1.54, 1.807) is 18.2 Å². The predicted molar refractivity (Wildman–Crippen MR) is 56.7 cm³/mol. The number of hydrogen-bond donors (Lipinski definition) is 1. The average molecular weight is 267 g/mol. The van der Waals surface area contributed by atoms with Crippen molar-refractivity contribution >= 4 is 27.5 Å². The highest BCUT2D eigenvalue weighted by molar-refractivity contribution is 9.10. The fourth-order valence-corrected chi connectivity index (χ4v) is 1.46. The summed E-state index contributed by atoms with van der Waals surface area (Å²) >= 11 is 9.05. The Balaban J connectivity index is 2.84. The molecule has 1 nitrogen and oxygen atoms in total. The fourth-order valence-electron chi connectivity index (χ4n) is 1.02. The molecule has 0 radical (unpaired) electrons. The fraction of sp³-hybridized carbons (Fsp3) is 0.333. The zero-order valence-electron chi connectivity index (χ0n) is 6.93. The van der Waals surface area contributed by atoms with Crippen molar-refractivity contribution in [3.05, 3.63) is 33.3 Å². The molecular formula is C9H10BrClFN. The van der Waals surface area contributed by atoms with Gasteiger partial charge in [-0.05, 0) is 46.6 Å². The molecule has 1 rings (SSSR count). The Morgan fingerprint density at radius 2 is 2.23 bits per heavy atom. The summed E-state index contributed by atoms with van der Waals surface area (Å²) in [6.07, 6.45) is -0.687. The molecule has 0 aliphatic heterocycles. The van der Waals surface area contributed by atoms with E-state index in [1.807, 2.05) is 0 Å². The summed E-state index contributed by atoms with van der Waals surface area (Å²) in [5.74, 6) is 0. The van der Waals surface area contributed by atoms with Crippen LogP contribution in [0.1, 0.15) is 18.2 Å². The topological polar surface area (TPSA) is 26.0 Å². The van der Waals surface area contributed by atoms with Gasteiger partial charge in [-0.2, -0.15) is 0 Å². The third-order valence-corrected chi connectivity index (χ3v) is 2.96. The van der Waals surface area contributed by atoms with E-state index in [-0.39, 0.29) is 0 Å². The van der Waals surface area contributed by atoms with Crippen LogP contribution in [0, 0.1) is 0 Å². The summed E-state index contributed by atoms with van der Waals surface area (Å²) in [4.78, 5) is 0. The average Bonchev–Trinajstić information content (AvgIpc) is 2.10. The van der Waals surface area contributed by atoms with Gasteiger partial charge in [0.1, 0.15) is 6.17 Å². The summed E-state index contributed by atoms with van der Waals surface area (Å²) in [5.41, 5.74) is 5.83. The van der Waals surface area contributed by atoms with Crippen LogP contribution in [0.4, 0.5) is 4.39 Å². The van der Waals surface area contributed by atoms with Crippen molar-refractivity contribution < 1.29 is 4.39 Å². The molecule has 0 amide bonds. The molecule has 4 heteroatoms. The van der Waals surface area contributed by atoms with Crippen LogP contribution in [-0.2, 0) is 0 Å². The zero-order valence-corrected chi connectivity index (χ0v) is 9.28. The number of rotatable bonds is 3. The van der Waals surface area contributed by atoms with Crippen LogP contribution in [0.15, 0.2) is 22.7 Å². The van der Waals surface area contributed by atoms with Gasteiger partial charge in [0.25, 0.3) is 0 Å². The van der Waals surface area contributed by atoms with Gasteiger partial charge in [-0.3, -0.25) is 0 Å². The molecular weight excluding hydrogens is 256 g/mol. The van der Waals surface area contributed by atoms with E-state index in [2.05, 4.69) is 15.9 Å². The number of alkyl halides is 1. The van der Waals surface area contributed by atoms with Crippen LogP contribution in [0.2, 0.25) is 5.02 Å². The molecule has 13 heavy (non-hydrogen) atoms. The summed E-state index contributed by atoms with van der Waals surface area (Å²) in [6, 6.07) is 5.06. The predicted octanol–water partition coefficient (Wildman–Crippen LogP) is 3.46. The van der Waals surface area contributed by atoms with E-state index in [0.717, 1.165) is 4.47 Å². The summed E-state index contributed by atoms with van der Waals surface area (Å²) in [6.45, 7) is 0.342. The first kappa shape index (κ1) is 11.0. The molecule has 1 aromatic rings. The molecule has 1 unspecified atom stereocenters. The quantitative estimate of drug-likeness (QED) is 0.891. The monoisotopic (exact) mass is 265 g/mol. The third-order valence-electron chi connectivity index (χ3n) is 1.73. The Morgan fingerprint density at radius 1 is 1.54 bits per heavy atom. The molecule has 2 N–H and O–H groups in total. The highest BCUT2D eigenvalue weighted by Crippen LogP contribution is 2.28. The van der Waals surface area contributed by atoms with Crippen LogP contribution in [0.5, 0.6) is 0 Å². The van der Waals surface area contributed by atoms with Crippen LogP contribution >= 0.6 is 27.5 Å². The Morgan fingerprint density at radius 3 is 2.77 bits per heavy atom. The maximum absolute atomic E-state index is 13.3. The molecule has 0 aromatic heterocycles. The van der Waals surface area contributed by atoms with E-state index in [1.165, 1.54) is 0 Å². The molecule has 0 fully saturated rings. The van der Waals surface area contributed by atoms with Crippen molar-refractivity contribution in [3.8, 4) is 0 Å². The van der Waals surface area contributed by atoms with Crippen LogP contribution in [-0.4, -0.2) is 6.54 Å². The molecule has 0 bridgehead atoms. The molecule has 0 aliphatic rings. The summed E-state index contributed by atoms with van der Waals surface area (Å²) < 4.78 is 14.1. The SMILES string of the molecule is NCCC(F)c1ccc(Br)c(Cl)c1. The van der Waals surface area contributed by atoms with Gasteiger partial charge in [-0.1, -0.05) is 17.7 Å². The van der Waals surface area contributed by atoms with E-state index in [4.69, 9.17) is 17.3 Å². The largest absolute Gasteiger partial charge is 0.330 e. The molecule has 1 aromatic carbocycles. The number of nitrogens with two attached hydrogens (primary N) is 1. The zero-order chi connectivity index (χ0) is 9.84. The van der Waals surface area contributed by atoms with Gasteiger partial charge in [0.2, 0.25) is 0 Å². The van der Waals surface area contributed by atoms with Crippen molar-refractivity contribution in [2.45, 2.75) is 12.6 Å². The molecule has 0 aliphatic carbocycles. The smallest absolute Gasteiger partial charge is 0.126 e. The molecule has 72 valence electrons. The maximum atomic E-state index is 13.3. The van der Waals surface area contributed by atoms with Crippen LogP contribution in [0.25, 0.3) is 0 Å². The normalized spacial score (nSPS) is 12.9. The Bertz CT molecular complexity index is 293. The van der Waals surface area contributed by atoms with Crippen molar-refractivity contribution in [1.29, 1.82) is 0 Å². The highest BCUT2D eigenvalue weighted by Gasteiger charge is 2.09. The second-order valence-electron chi connectivity index (χ2n) is 2.72. The molecule has 0 saturated carbocycles. The minimum Gasteiger partial charge on any atom is -0.330 e. The second kappa shape index (κ2) is 4.94. The van der Waals surface area contributed by atoms with Gasteiger partial charge in [0, 0.05) is 4.47 Å². The Kier molecular flexibility index (Phi) is 4.16. The molecule has 1 atom stereocenters. The minimum absolute atomic E-state index is 0.331. The van der Waals surface area contributed by atoms with Crippen molar-refractivity contribution in [3.63, 3.8) is 0 Å². The Hall–Kier alpha value is -0.120. The summed E-state index contributed by atoms with van der Waals surface area (Å²) in [7, 11) is 0.